The molecule has 16 heteroatoms. The van der Waals surface area contributed by atoms with Crippen molar-refractivity contribution in [3.63, 3.8) is 0 Å². The SMILES string of the molecule is Cc1cc(OCCO)c(N=Nc2c(S(=O)(=O)O)cc3cc(S(=O)(=O)O)cc(O)c3c2O)cc1OCCO. The van der Waals surface area contributed by atoms with E-state index in [-0.39, 0.29) is 49.0 Å². The smallest absolute Gasteiger partial charge is 0.296 e. The van der Waals surface area contributed by atoms with Gasteiger partial charge in [-0.15, -0.1) is 10.2 Å². The van der Waals surface area contributed by atoms with Crippen LogP contribution in [0.1, 0.15) is 5.56 Å². The molecule has 3 rings (SSSR count). The third kappa shape index (κ3) is 6.24. The number of hydrogen-bond donors (Lipinski definition) is 6. The summed E-state index contributed by atoms with van der Waals surface area (Å²) < 4.78 is 76.9. The number of azo groups is 1. The van der Waals surface area contributed by atoms with Crippen molar-refractivity contribution in [3.8, 4) is 23.0 Å². The van der Waals surface area contributed by atoms with Crippen molar-refractivity contribution in [1.29, 1.82) is 0 Å². The minimum atomic E-state index is -5.09. The lowest BCUT2D eigenvalue weighted by Gasteiger charge is -2.13. The number of aromatic hydroxyl groups is 2. The summed E-state index contributed by atoms with van der Waals surface area (Å²) >= 11 is 0. The first-order valence-corrected chi connectivity index (χ1v) is 13.2. The minimum Gasteiger partial charge on any atom is -0.507 e. The van der Waals surface area contributed by atoms with E-state index in [0.717, 1.165) is 12.1 Å². The fraction of sp³-hybridized carbons (Fsp3) is 0.238. The van der Waals surface area contributed by atoms with Gasteiger partial charge in [-0.2, -0.15) is 16.8 Å². The van der Waals surface area contributed by atoms with Gasteiger partial charge < -0.3 is 29.9 Å². The Morgan fingerprint density at radius 2 is 1.43 bits per heavy atom. The van der Waals surface area contributed by atoms with Gasteiger partial charge in [0.1, 0.15) is 46.7 Å². The molecule has 0 unspecified atom stereocenters. The van der Waals surface area contributed by atoms with Crippen molar-refractivity contribution in [1.82, 2.24) is 0 Å². The second kappa shape index (κ2) is 10.8. The zero-order valence-corrected chi connectivity index (χ0v) is 20.7. The molecule has 0 saturated heterocycles. The maximum absolute atomic E-state index is 12.1. The molecule has 0 aliphatic heterocycles. The molecule has 0 aliphatic rings. The molecule has 0 aromatic heterocycles. The molecular formula is C21H22N2O12S2. The van der Waals surface area contributed by atoms with Gasteiger partial charge in [0.05, 0.1) is 23.5 Å². The number of ether oxygens (including phenoxy) is 2. The van der Waals surface area contributed by atoms with Crippen molar-refractivity contribution in [2.24, 2.45) is 10.2 Å². The normalized spacial score (nSPS) is 12.4. The van der Waals surface area contributed by atoms with Crippen molar-refractivity contribution in [2.45, 2.75) is 16.7 Å². The molecule has 37 heavy (non-hydrogen) atoms. The quantitative estimate of drug-likeness (QED) is 0.155. The van der Waals surface area contributed by atoms with E-state index in [1.807, 2.05) is 0 Å². The van der Waals surface area contributed by atoms with Gasteiger partial charge in [-0.05, 0) is 36.1 Å². The molecule has 3 aromatic carbocycles. The summed E-state index contributed by atoms with van der Waals surface area (Å²) in [5.74, 6) is -1.48. The predicted molar refractivity (Wildman–Crippen MR) is 127 cm³/mol. The second-order valence-electron chi connectivity index (χ2n) is 7.49. The lowest BCUT2D eigenvalue weighted by Crippen LogP contribution is -2.05. The minimum absolute atomic E-state index is 0.0567. The third-order valence-corrected chi connectivity index (χ3v) is 6.59. The highest BCUT2D eigenvalue weighted by molar-refractivity contribution is 7.86. The summed E-state index contributed by atoms with van der Waals surface area (Å²) in [6, 6.07) is 4.93. The van der Waals surface area contributed by atoms with Gasteiger partial charge in [0.25, 0.3) is 20.2 Å². The van der Waals surface area contributed by atoms with E-state index in [4.69, 9.17) is 19.7 Å². The Morgan fingerprint density at radius 3 is 2.00 bits per heavy atom. The van der Waals surface area contributed by atoms with Gasteiger partial charge >= 0.3 is 0 Å². The third-order valence-electron chi connectivity index (χ3n) is 4.89. The summed E-state index contributed by atoms with van der Waals surface area (Å²) in [4.78, 5) is -1.79. The number of benzene rings is 3. The molecule has 0 fully saturated rings. The van der Waals surface area contributed by atoms with Crippen LogP contribution in [0, 0.1) is 6.92 Å². The molecule has 0 spiro atoms. The number of fused-ring (bicyclic) bond motifs is 1. The van der Waals surface area contributed by atoms with Crippen molar-refractivity contribution < 1.29 is 55.8 Å². The number of hydrogen-bond acceptors (Lipinski definition) is 12. The van der Waals surface area contributed by atoms with E-state index in [0.29, 0.717) is 11.6 Å². The highest BCUT2D eigenvalue weighted by atomic mass is 32.2. The van der Waals surface area contributed by atoms with Gasteiger partial charge in [-0.1, -0.05) is 0 Å². The molecule has 14 nitrogen and oxygen atoms in total. The van der Waals surface area contributed by atoms with Crippen LogP contribution in [0.3, 0.4) is 0 Å². The summed E-state index contributed by atoms with van der Waals surface area (Å²) in [7, 11) is -9.90. The first-order valence-electron chi connectivity index (χ1n) is 10.3. The van der Waals surface area contributed by atoms with Crippen molar-refractivity contribution >= 4 is 42.4 Å². The number of aryl methyl sites for hydroxylation is 1. The second-order valence-corrected chi connectivity index (χ2v) is 10.3. The van der Waals surface area contributed by atoms with E-state index in [1.165, 1.54) is 12.1 Å². The van der Waals surface area contributed by atoms with Crippen LogP contribution in [0.5, 0.6) is 23.0 Å². The zero-order chi connectivity index (χ0) is 27.5. The number of nitrogens with zero attached hydrogens (tertiary/aromatic N) is 2. The first kappa shape index (κ1) is 28.0. The monoisotopic (exact) mass is 558 g/mol. The van der Waals surface area contributed by atoms with Crippen LogP contribution in [-0.2, 0) is 20.2 Å². The largest absolute Gasteiger partial charge is 0.507 e. The molecule has 0 bridgehead atoms. The number of aliphatic hydroxyl groups excluding tert-OH is 2. The van der Waals surface area contributed by atoms with Gasteiger partial charge in [0, 0.05) is 12.1 Å². The average molecular weight is 559 g/mol. The summed E-state index contributed by atoms with van der Waals surface area (Å²) in [5, 5.41) is 46.0. The standard InChI is InChI=1S/C21H22N2O12S2/c1-11-6-17(35-5-3-25)14(10-16(11)34-4-2-24)22-23-20-18(37(31,32)33)8-12-7-13(36(28,29)30)9-15(26)19(12)21(20)27/h6-10,24-27H,2-5H2,1H3,(H,28,29,30)(H,31,32,33). The van der Waals surface area contributed by atoms with Crippen LogP contribution in [0.2, 0.25) is 0 Å². The van der Waals surface area contributed by atoms with Crippen LogP contribution in [-0.4, -0.2) is 72.8 Å². The summed E-state index contributed by atoms with van der Waals surface area (Å²) in [5.41, 5.74) is -0.304. The van der Waals surface area contributed by atoms with Crippen LogP contribution in [0.25, 0.3) is 10.8 Å². The Balaban J connectivity index is 2.27. The zero-order valence-electron chi connectivity index (χ0n) is 19.1. The summed E-state index contributed by atoms with van der Waals surface area (Å²) in [6.07, 6.45) is 0. The van der Waals surface area contributed by atoms with Crippen LogP contribution in [0.15, 0.2) is 50.4 Å². The lowest BCUT2D eigenvalue weighted by atomic mass is 10.1. The number of phenols is 2. The topological polar surface area (TPSA) is 233 Å². The van der Waals surface area contributed by atoms with Crippen molar-refractivity contribution in [2.75, 3.05) is 26.4 Å². The molecule has 0 saturated carbocycles. The Morgan fingerprint density at radius 1 is 0.811 bits per heavy atom. The predicted octanol–water partition coefficient (Wildman–Crippen LogP) is 2.21. The van der Waals surface area contributed by atoms with E-state index >= 15 is 0 Å². The molecular weight excluding hydrogens is 536 g/mol. The van der Waals surface area contributed by atoms with Gasteiger partial charge in [0.2, 0.25) is 0 Å². The van der Waals surface area contributed by atoms with Crippen LogP contribution < -0.4 is 9.47 Å². The molecule has 0 amide bonds. The highest BCUT2D eigenvalue weighted by Gasteiger charge is 2.25. The summed E-state index contributed by atoms with van der Waals surface area (Å²) in [6.45, 7) is 0.832. The molecule has 0 aliphatic carbocycles. The Kier molecular flexibility index (Phi) is 8.21. The average Bonchev–Trinajstić information content (AvgIpc) is 2.80. The fourth-order valence-corrected chi connectivity index (χ4v) is 4.49. The molecule has 6 N–H and O–H groups in total. The molecule has 200 valence electrons. The lowest BCUT2D eigenvalue weighted by molar-refractivity contribution is 0.197. The van der Waals surface area contributed by atoms with E-state index < -0.39 is 52.6 Å². The van der Waals surface area contributed by atoms with Crippen LogP contribution >= 0.6 is 0 Å². The molecule has 0 radical (unpaired) electrons. The first-order chi connectivity index (χ1) is 17.3. The van der Waals surface area contributed by atoms with E-state index in [1.54, 1.807) is 6.92 Å². The van der Waals surface area contributed by atoms with Crippen molar-refractivity contribution in [3.05, 3.63) is 35.9 Å². The van der Waals surface area contributed by atoms with E-state index in [9.17, 15) is 36.2 Å². The maximum atomic E-state index is 12.1. The Labute approximate surface area is 210 Å². The fourth-order valence-electron chi connectivity index (χ4n) is 3.30. The molecule has 3 aromatic rings. The number of aliphatic hydroxyl groups is 2. The maximum Gasteiger partial charge on any atom is 0.296 e. The van der Waals surface area contributed by atoms with Crippen LogP contribution in [0.4, 0.5) is 11.4 Å². The Bertz CT molecular complexity index is 1590. The Hall–Kier alpha value is -3.54. The molecule has 0 atom stereocenters. The number of rotatable bonds is 10. The van der Waals surface area contributed by atoms with Gasteiger partial charge in [-0.3, -0.25) is 9.11 Å². The number of phenolic OH excluding ortho intramolecular Hbond substituents is 2. The highest BCUT2D eigenvalue weighted by Crippen LogP contribution is 2.46. The molecule has 0 heterocycles. The van der Waals surface area contributed by atoms with Gasteiger partial charge in [-0.25, -0.2) is 0 Å². The van der Waals surface area contributed by atoms with E-state index in [2.05, 4.69) is 10.2 Å². The van der Waals surface area contributed by atoms with Gasteiger partial charge in [0.15, 0.2) is 5.75 Å².